The number of carboxylic acids is 1. The van der Waals surface area contributed by atoms with Gasteiger partial charge in [0.05, 0.1) is 12.2 Å². The summed E-state index contributed by atoms with van der Waals surface area (Å²) in [6.45, 7) is 0.551. The van der Waals surface area contributed by atoms with Crippen molar-refractivity contribution in [2.75, 3.05) is 18.5 Å². The van der Waals surface area contributed by atoms with Gasteiger partial charge in [0.15, 0.2) is 5.13 Å². The van der Waals surface area contributed by atoms with Crippen molar-refractivity contribution in [2.24, 2.45) is 5.73 Å². The summed E-state index contributed by atoms with van der Waals surface area (Å²) < 4.78 is 4.58. The average Bonchev–Trinajstić information content (AvgIpc) is 2.76. The van der Waals surface area contributed by atoms with Gasteiger partial charge in [0.2, 0.25) is 0 Å². The van der Waals surface area contributed by atoms with E-state index in [9.17, 15) is 9.59 Å². The largest absolute Gasteiger partial charge is 0.481 e. The molecular weight excluding hydrogens is 270 g/mol. The van der Waals surface area contributed by atoms with E-state index in [1.807, 2.05) is 0 Å². The molecule has 2 rings (SSSR count). The van der Waals surface area contributed by atoms with Gasteiger partial charge in [-0.05, 0) is 19.3 Å². The van der Waals surface area contributed by atoms with E-state index in [1.54, 1.807) is 0 Å². The highest BCUT2D eigenvalue weighted by Gasteiger charge is 2.29. The molecule has 0 saturated heterocycles. The third-order valence-corrected chi connectivity index (χ3v) is 3.96. The highest BCUT2D eigenvalue weighted by molar-refractivity contribution is 7.15. The van der Waals surface area contributed by atoms with E-state index >= 15 is 0 Å². The first-order valence-electron chi connectivity index (χ1n) is 5.96. The van der Waals surface area contributed by atoms with Crippen molar-refractivity contribution >= 4 is 28.5 Å². The molecule has 0 fully saturated rings. The molecule has 4 N–H and O–H groups in total. The molecule has 1 aromatic rings. The minimum atomic E-state index is -0.824. The second-order valence-electron chi connectivity index (χ2n) is 4.20. The molecule has 1 unspecified atom stereocenters. The Morgan fingerprint density at radius 1 is 1.58 bits per heavy atom. The van der Waals surface area contributed by atoms with Crippen LogP contribution in [0.2, 0.25) is 0 Å². The standard InChI is InChI=1S/C11H15N3O4S/c12-10(17)18-5-4-13-11-14-8-6(9(15)16)2-1-3-7(8)19-11/h6H,1-5H2,(H2,12,17)(H,13,14)(H,15,16). The second-order valence-corrected chi connectivity index (χ2v) is 5.29. The van der Waals surface area contributed by atoms with E-state index in [-0.39, 0.29) is 6.61 Å². The molecule has 0 bridgehead atoms. The summed E-state index contributed by atoms with van der Waals surface area (Å²) in [5, 5.41) is 12.8. The first-order valence-corrected chi connectivity index (χ1v) is 6.78. The molecule has 19 heavy (non-hydrogen) atoms. The number of carboxylic acid groups (broad SMARTS) is 1. The summed E-state index contributed by atoms with van der Waals surface area (Å²) in [6, 6.07) is 0. The number of aryl methyl sites for hydroxylation is 1. The Kier molecular flexibility index (Phi) is 4.20. The van der Waals surface area contributed by atoms with Gasteiger partial charge in [-0.25, -0.2) is 9.78 Å². The zero-order valence-electron chi connectivity index (χ0n) is 10.2. The molecule has 0 aromatic carbocycles. The molecule has 1 aliphatic rings. The lowest BCUT2D eigenvalue weighted by Gasteiger charge is -2.16. The van der Waals surface area contributed by atoms with Gasteiger partial charge in [0, 0.05) is 4.88 Å². The van der Waals surface area contributed by atoms with Crippen LogP contribution in [-0.2, 0) is 16.0 Å². The van der Waals surface area contributed by atoms with Crippen LogP contribution in [0, 0.1) is 0 Å². The number of hydrogen-bond donors (Lipinski definition) is 3. The maximum atomic E-state index is 11.1. The lowest BCUT2D eigenvalue weighted by Crippen LogP contribution is -2.18. The van der Waals surface area contributed by atoms with Gasteiger partial charge >= 0.3 is 12.1 Å². The fraction of sp³-hybridized carbons (Fsp3) is 0.545. The number of nitrogens with two attached hydrogens (primary N) is 1. The van der Waals surface area contributed by atoms with E-state index in [0.717, 1.165) is 17.7 Å². The molecule has 104 valence electrons. The van der Waals surface area contributed by atoms with Crippen molar-refractivity contribution in [1.82, 2.24) is 4.98 Å². The number of ether oxygens (including phenoxy) is 1. The van der Waals surface area contributed by atoms with E-state index < -0.39 is 18.0 Å². The Labute approximate surface area is 113 Å². The van der Waals surface area contributed by atoms with Crippen LogP contribution < -0.4 is 11.1 Å². The lowest BCUT2D eigenvalue weighted by atomic mass is 9.91. The fourth-order valence-electron chi connectivity index (χ4n) is 2.04. The Hall–Kier alpha value is -1.83. The van der Waals surface area contributed by atoms with Gasteiger partial charge in [-0.3, -0.25) is 4.79 Å². The van der Waals surface area contributed by atoms with Crippen LogP contribution in [0.3, 0.4) is 0 Å². The predicted octanol–water partition coefficient (Wildman–Crippen LogP) is 1.15. The molecule has 7 nitrogen and oxygen atoms in total. The van der Waals surface area contributed by atoms with Crippen molar-refractivity contribution in [1.29, 1.82) is 0 Å². The number of nitrogens with one attached hydrogen (secondary N) is 1. The Bertz CT molecular complexity index is 488. The summed E-state index contributed by atoms with van der Waals surface area (Å²) in [4.78, 5) is 26.9. The van der Waals surface area contributed by atoms with Gasteiger partial charge < -0.3 is 20.9 Å². The molecular formula is C11H15N3O4S. The quantitative estimate of drug-likeness (QED) is 0.699. The van der Waals surface area contributed by atoms with Crippen LogP contribution in [-0.4, -0.2) is 35.3 Å². The summed E-state index contributed by atoms with van der Waals surface area (Å²) >= 11 is 1.46. The van der Waals surface area contributed by atoms with Gasteiger partial charge in [0.1, 0.15) is 12.5 Å². The van der Waals surface area contributed by atoms with Gasteiger partial charge in [0.25, 0.3) is 0 Å². The number of hydrogen-bond acceptors (Lipinski definition) is 6. The van der Waals surface area contributed by atoms with E-state index in [4.69, 9.17) is 10.8 Å². The molecule has 1 aromatic heterocycles. The number of aromatic nitrogens is 1. The number of anilines is 1. The summed E-state index contributed by atoms with van der Waals surface area (Å²) in [5.41, 5.74) is 5.50. The number of aliphatic carboxylic acids is 1. The zero-order valence-corrected chi connectivity index (χ0v) is 11.0. The molecule has 0 radical (unpaired) electrons. The summed E-state index contributed by atoms with van der Waals surface area (Å²) in [6.07, 6.45) is 1.56. The van der Waals surface area contributed by atoms with Gasteiger partial charge in [-0.2, -0.15) is 0 Å². The fourth-order valence-corrected chi connectivity index (χ4v) is 3.13. The molecule has 1 heterocycles. The zero-order chi connectivity index (χ0) is 13.8. The van der Waals surface area contributed by atoms with E-state index in [2.05, 4.69) is 15.0 Å². The topological polar surface area (TPSA) is 115 Å². The molecule has 0 spiro atoms. The number of rotatable bonds is 5. The minimum absolute atomic E-state index is 0.155. The van der Waals surface area contributed by atoms with Crippen LogP contribution in [0.25, 0.3) is 0 Å². The van der Waals surface area contributed by atoms with E-state index in [0.29, 0.717) is 23.8 Å². The highest BCUT2D eigenvalue weighted by Crippen LogP contribution is 2.36. The number of primary amides is 1. The minimum Gasteiger partial charge on any atom is -0.481 e. The van der Waals surface area contributed by atoms with Crippen LogP contribution in [0.1, 0.15) is 29.3 Å². The number of carbonyl (C=O) groups is 2. The van der Waals surface area contributed by atoms with Crippen molar-refractivity contribution in [3.05, 3.63) is 10.6 Å². The smallest absolute Gasteiger partial charge is 0.404 e. The Morgan fingerprint density at radius 2 is 2.37 bits per heavy atom. The summed E-state index contributed by atoms with van der Waals surface area (Å²) in [7, 11) is 0. The van der Waals surface area contributed by atoms with E-state index in [1.165, 1.54) is 11.3 Å². The number of nitrogens with zero attached hydrogens (tertiary/aromatic N) is 1. The molecule has 0 aliphatic heterocycles. The molecule has 1 atom stereocenters. The number of amides is 1. The average molecular weight is 285 g/mol. The van der Waals surface area contributed by atoms with Crippen molar-refractivity contribution in [2.45, 2.75) is 25.2 Å². The Morgan fingerprint density at radius 3 is 3.05 bits per heavy atom. The third-order valence-electron chi connectivity index (χ3n) is 2.87. The highest BCUT2D eigenvalue weighted by atomic mass is 32.1. The van der Waals surface area contributed by atoms with Crippen LogP contribution in [0.15, 0.2) is 0 Å². The normalized spacial score (nSPS) is 17.6. The van der Waals surface area contributed by atoms with Gasteiger partial charge in [-0.15, -0.1) is 11.3 Å². The molecule has 1 amide bonds. The van der Waals surface area contributed by atoms with Crippen molar-refractivity contribution < 1.29 is 19.4 Å². The van der Waals surface area contributed by atoms with Crippen molar-refractivity contribution in [3.63, 3.8) is 0 Å². The van der Waals surface area contributed by atoms with Crippen LogP contribution >= 0.6 is 11.3 Å². The number of fused-ring (bicyclic) bond motifs is 1. The Balaban J connectivity index is 1.97. The maximum Gasteiger partial charge on any atom is 0.404 e. The summed E-state index contributed by atoms with van der Waals surface area (Å²) in [5.74, 6) is -1.33. The lowest BCUT2D eigenvalue weighted by molar-refractivity contribution is -0.139. The number of thiazole rings is 1. The van der Waals surface area contributed by atoms with Gasteiger partial charge in [-0.1, -0.05) is 0 Å². The molecule has 1 aliphatic carbocycles. The van der Waals surface area contributed by atoms with Crippen LogP contribution in [0.5, 0.6) is 0 Å². The molecule has 0 saturated carbocycles. The maximum absolute atomic E-state index is 11.1. The first kappa shape index (κ1) is 13.6. The second kappa shape index (κ2) is 5.87. The first-order chi connectivity index (χ1) is 9.08. The van der Waals surface area contributed by atoms with Crippen LogP contribution in [0.4, 0.5) is 9.93 Å². The number of carbonyl (C=O) groups excluding carboxylic acids is 1. The monoisotopic (exact) mass is 285 g/mol. The third kappa shape index (κ3) is 3.34. The SMILES string of the molecule is NC(=O)OCCNc1nc2c(s1)CCCC2C(=O)O. The predicted molar refractivity (Wildman–Crippen MR) is 69.5 cm³/mol. The molecule has 8 heteroatoms. The van der Waals surface area contributed by atoms with Crippen molar-refractivity contribution in [3.8, 4) is 0 Å².